The predicted molar refractivity (Wildman–Crippen MR) is 112 cm³/mol. The van der Waals surface area contributed by atoms with E-state index in [9.17, 15) is 9.59 Å². The highest BCUT2D eigenvalue weighted by Gasteiger charge is 2.15. The molecule has 0 spiro atoms. The summed E-state index contributed by atoms with van der Waals surface area (Å²) in [7, 11) is 0. The van der Waals surface area contributed by atoms with E-state index in [1.807, 2.05) is 36.4 Å². The number of fused-ring (bicyclic) bond motifs is 1. The monoisotopic (exact) mass is 388 g/mol. The van der Waals surface area contributed by atoms with Crippen molar-refractivity contribution in [1.82, 2.24) is 15.1 Å². The summed E-state index contributed by atoms with van der Waals surface area (Å²) in [6, 6.07) is 17.7. The van der Waals surface area contributed by atoms with Crippen molar-refractivity contribution >= 4 is 17.6 Å². The fraction of sp³-hybridized carbons (Fsp3) is 0.261. The summed E-state index contributed by atoms with van der Waals surface area (Å²) in [5, 5.41) is 9.80. The van der Waals surface area contributed by atoms with Crippen molar-refractivity contribution in [3.8, 4) is 0 Å². The van der Waals surface area contributed by atoms with E-state index in [2.05, 4.69) is 27.9 Å². The summed E-state index contributed by atoms with van der Waals surface area (Å²) in [5.74, 6) is 0.117. The van der Waals surface area contributed by atoms with Crippen LogP contribution in [0.15, 0.2) is 60.8 Å². The van der Waals surface area contributed by atoms with Crippen molar-refractivity contribution in [2.24, 2.45) is 0 Å². The number of carbonyl (C=O) groups is 2. The molecule has 6 nitrogen and oxygen atoms in total. The molecule has 0 radical (unpaired) electrons. The third kappa shape index (κ3) is 4.71. The molecule has 148 valence electrons. The fourth-order valence-electron chi connectivity index (χ4n) is 3.66. The first-order valence-electron chi connectivity index (χ1n) is 9.94. The van der Waals surface area contributed by atoms with Crippen molar-refractivity contribution in [1.29, 1.82) is 0 Å². The van der Waals surface area contributed by atoms with Gasteiger partial charge in [-0.25, -0.2) is 4.68 Å². The number of aromatic nitrogens is 2. The maximum Gasteiger partial charge on any atom is 0.251 e. The van der Waals surface area contributed by atoms with Crippen LogP contribution < -0.4 is 10.6 Å². The Labute approximate surface area is 169 Å². The van der Waals surface area contributed by atoms with Crippen LogP contribution in [0.3, 0.4) is 0 Å². The highest BCUT2D eigenvalue weighted by atomic mass is 16.2. The van der Waals surface area contributed by atoms with Gasteiger partial charge in [-0.1, -0.05) is 36.4 Å². The second-order valence-electron chi connectivity index (χ2n) is 7.24. The van der Waals surface area contributed by atoms with Gasteiger partial charge < -0.3 is 10.6 Å². The van der Waals surface area contributed by atoms with Crippen molar-refractivity contribution in [3.63, 3.8) is 0 Å². The fourth-order valence-corrected chi connectivity index (χ4v) is 3.66. The zero-order valence-electron chi connectivity index (χ0n) is 16.2. The largest absolute Gasteiger partial charge is 0.343 e. The quantitative estimate of drug-likeness (QED) is 0.653. The van der Waals surface area contributed by atoms with Gasteiger partial charge in [-0.3, -0.25) is 9.59 Å². The summed E-state index contributed by atoms with van der Waals surface area (Å²) >= 11 is 0. The van der Waals surface area contributed by atoms with Crippen LogP contribution in [0.5, 0.6) is 0 Å². The molecule has 1 aromatic heterocycles. The van der Waals surface area contributed by atoms with E-state index in [0.717, 1.165) is 25.7 Å². The van der Waals surface area contributed by atoms with Crippen molar-refractivity contribution in [3.05, 3.63) is 83.0 Å². The van der Waals surface area contributed by atoms with E-state index >= 15 is 0 Å². The molecule has 1 aliphatic rings. The lowest BCUT2D eigenvalue weighted by atomic mass is 10.1. The minimum Gasteiger partial charge on any atom is -0.343 e. The van der Waals surface area contributed by atoms with Gasteiger partial charge in [0.15, 0.2) is 0 Å². The zero-order valence-corrected chi connectivity index (χ0v) is 16.2. The first kappa shape index (κ1) is 18.9. The molecular formula is C23H24N4O2. The van der Waals surface area contributed by atoms with Crippen LogP contribution in [0.2, 0.25) is 0 Å². The average molecular weight is 388 g/mol. The number of nitrogens with one attached hydrogen (secondary N) is 2. The maximum absolute atomic E-state index is 12.4. The second-order valence-corrected chi connectivity index (χ2v) is 7.24. The van der Waals surface area contributed by atoms with Crippen molar-refractivity contribution in [2.75, 3.05) is 11.9 Å². The van der Waals surface area contributed by atoms with Gasteiger partial charge >= 0.3 is 0 Å². The lowest BCUT2D eigenvalue weighted by Crippen LogP contribution is -2.33. The molecule has 3 aromatic rings. The predicted octanol–water partition coefficient (Wildman–Crippen LogP) is 2.98. The molecule has 0 saturated heterocycles. The Morgan fingerprint density at radius 3 is 2.69 bits per heavy atom. The van der Waals surface area contributed by atoms with Gasteiger partial charge in [-0.05, 0) is 54.5 Å². The van der Waals surface area contributed by atoms with E-state index in [4.69, 9.17) is 0 Å². The normalized spacial score (nSPS) is 12.4. The van der Waals surface area contributed by atoms with Gasteiger partial charge in [-0.2, -0.15) is 5.10 Å². The Balaban J connectivity index is 1.29. The van der Waals surface area contributed by atoms with Crippen LogP contribution in [0, 0.1) is 0 Å². The van der Waals surface area contributed by atoms with E-state index < -0.39 is 0 Å². The summed E-state index contributed by atoms with van der Waals surface area (Å²) in [6.07, 6.45) is 5.71. The van der Waals surface area contributed by atoms with Crippen LogP contribution in [0.1, 0.15) is 33.5 Å². The molecule has 0 aliphatic heterocycles. The molecule has 0 saturated carbocycles. The summed E-state index contributed by atoms with van der Waals surface area (Å²) in [5.41, 5.74) is 4.38. The third-order valence-electron chi connectivity index (χ3n) is 5.21. The number of benzene rings is 2. The maximum atomic E-state index is 12.4. The van der Waals surface area contributed by atoms with E-state index in [1.165, 1.54) is 16.7 Å². The Bertz CT molecular complexity index is 1010. The number of nitrogens with zero attached hydrogens (tertiary/aromatic N) is 2. The summed E-state index contributed by atoms with van der Waals surface area (Å²) in [4.78, 5) is 24.7. The van der Waals surface area contributed by atoms with Gasteiger partial charge in [0.2, 0.25) is 5.91 Å². The lowest BCUT2D eigenvalue weighted by molar-refractivity contribution is -0.115. The first-order valence-corrected chi connectivity index (χ1v) is 9.94. The van der Waals surface area contributed by atoms with Gasteiger partial charge in [0.25, 0.3) is 5.91 Å². The van der Waals surface area contributed by atoms with Crippen molar-refractivity contribution in [2.45, 2.75) is 32.2 Å². The van der Waals surface area contributed by atoms with Crippen LogP contribution >= 0.6 is 0 Å². The highest BCUT2D eigenvalue weighted by Crippen LogP contribution is 2.22. The van der Waals surface area contributed by atoms with Crippen LogP contribution in [0.4, 0.5) is 5.82 Å². The minimum atomic E-state index is -0.277. The summed E-state index contributed by atoms with van der Waals surface area (Å²) in [6.45, 7) is 0.577. The standard InChI is InChI=1S/C23H24N4O2/c28-22(16-24-23(29)20-10-9-18-7-4-8-19(18)15-20)26-21-11-13-25-27(21)14-12-17-5-2-1-3-6-17/h1-3,5-6,9-11,13,15H,4,7-8,12,14,16H2,(H,24,29)(H,26,28). The molecule has 1 aliphatic carbocycles. The molecule has 6 heteroatoms. The number of aryl methyl sites for hydroxylation is 4. The molecular weight excluding hydrogens is 364 g/mol. The Kier molecular flexibility index (Phi) is 5.70. The van der Waals surface area contributed by atoms with Crippen molar-refractivity contribution < 1.29 is 9.59 Å². The van der Waals surface area contributed by atoms with Crippen LogP contribution in [-0.2, 0) is 30.6 Å². The third-order valence-corrected chi connectivity index (χ3v) is 5.21. The van der Waals surface area contributed by atoms with Gasteiger partial charge in [-0.15, -0.1) is 0 Å². The molecule has 1 heterocycles. The topological polar surface area (TPSA) is 76.0 Å². The smallest absolute Gasteiger partial charge is 0.251 e. The number of amides is 2. The van der Waals surface area contributed by atoms with Gasteiger partial charge in [0.1, 0.15) is 5.82 Å². The molecule has 0 unspecified atom stereocenters. The van der Waals surface area contributed by atoms with Crippen LogP contribution in [-0.4, -0.2) is 28.1 Å². The Morgan fingerprint density at radius 2 is 1.83 bits per heavy atom. The molecule has 29 heavy (non-hydrogen) atoms. The molecule has 0 fully saturated rings. The van der Waals surface area contributed by atoms with Gasteiger partial charge in [0.05, 0.1) is 12.7 Å². The van der Waals surface area contributed by atoms with Crippen LogP contribution in [0.25, 0.3) is 0 Å². The lowest BCUT2D eigenvalue weighted by Gasteiger charge is -2.10. The summed E-state index contributed by atoms with van der Waals surface area (Å²) < 4.78 is 1.76. The Morgan fingerprint density at radius 1 is 1.00 bits per heavy atom. The first-order chi connectivity index (χ1) is 14.2. The average Bonchev–Trinajstić information content (AvgIpc) is 3.39. The number of hydrogen-bond acceptors (Lipinski definition) is 3. The number of carbonyl (C=O) groups excluding carboxylic acids is 2. The number of rotatable bonds is 7. The zero-order chi connectivity index (χ0) is 20.1. The SMILES string of the molecule is O=C(CNC(=O)c1ccc2c(c1)CCC2)Nc1ccnn1CCc1ccccc1. The van der Waals surface area contributed by atoms with E-state index in [0.29, 0.717) is 17.9 Å². The molecule has 0 atom stereocenters. The number of hydrogen-bond donors (Lipinski definition) is 2. The molecule has 2 amide bonds. The molecule has 0 bridgehead atoms. The van der Waals surface area contributed by atoms with E-state index in [1.54, 1.807) is 16.9 Å². The second kappa shape index (κ2) is 8.73. The molecule has 4 rings (SSSR count). The number of anilines is 1. The van der Waals surface area contributed by atoms with Gasteiger partial charge in [0, 0.05) is 18.2 Å². The molecule has 2 N–H and O–H groups in total. The minimum absolute atomic E-state index is 0.0835. The highest BCUT2D eigenvalue weighted by molar-refractivity contribution is 5.99. The van der Waals surface area contributed by atoms with E-state index in [-0.39, 0.29) is 18.4 Å². The molecule has 2 aromatic carbocycles. The Hall–Kier alpha value is -3.41.